The molecule has 3 unspecified atom stereocenters. The van der Waals surface area contributed by atoms with Crippen LogP contribution in [0.5, 0.6) is 0 Å². The molecule has 0 spiro atoms. The van der Waals surface area contributed by atoms with Crippen molar-refractivity contribution in [2.45, 2.75) is 51.2 Å². The summed E-state index contributed by atoms with van der Waals surface area (Å²) in [6.07, 6.45) is 5.46. The zero-order chi connectivity index (χ0) is 14.4. The molecule has 0 aromatic heterocycles. The Kier molecular flexibility index (Phi) is 5.81. The van der Waals surface area contributed by atoms with Gasteiger partial charge in [0, 0.05) is 31.2 Å². The van der Waals surface area contributed by atoms with Gasteiger partial charge in [0.25, 0.3) is 0 Å². The summed E-state index contributed by atoms with van der Waals surface area (Å²) in [5.41, 5.74) is 1.43. The molecule has 0 aliphatic carbocycles. The monoisotopic (exact) mass is 272 g/mol. The molecule has 3 atom stereocenters. The first-order valence-electron chi connectivity index (χ1n) is 7.88. The Morgan fingerprint density at radius 2 is 2.15 bits per heavy atom. The van der Waals surface area contributed by atoms with E-state index in [1.165, 1.54) is 12.0 Å². The molecule has 0 amide bonds. The molecule has 0 saturated carbocycles. The standard InChI is InChI=1S/C18H28N2/c1-4-9-15(3)20-14-17(19-13-18(20)5-2)12-16-10-7-6-8-11-16/h4,6-8,10-11,15,17-19H,1,5,9,12-14H2,2-3H3. The maximum Gasteiger partial charge on any atom is 0.0236 e. The fourth-order valence-electron chi connectivity index (χ4n) is 3.22. The lowest BCUT2D eigenvalue weighted by Crippen LogP contribution is -2.59. The van der Waals surface area contributed by atoms with Crippen molar-refractivity contribution in [3.63, 3.8) is 0 Å². The van der Waals surface area contributed by atoms with Crippen LogP contribution in [0, 0.1) is 0 Å². The van der Waals surface area contributed by atoms with Gasteiger partial charge in [0.05, 0.1) is 0 Å². The maximum atomic E-state index is 3.89. The molecule has 0 radical (unpaired) electrons. The molecule has 110 valence electrons. The quantitative estimate of drug-likeness (QED) is 0.800. The van der Waals surface area contributed by atoms with E-state index in [9.17, 15) is 0 Å². The van der Waals surface area contributed by atoms with Gasteiger partial charge in [-0.3, -0.25) is 4.90 Å². The van der Waals surface area contributed by atoms with Crippen molar-refractivity contribution in [1.29, 1.82) is 0 Å². The number of hydrogen-bond acceptors (Lipinski definition) is 2. The summed E-state index contributed by atoms with van der Waals surface area (Å²) < 4.78 is 0. The summed E-state index contributed by atoms with van der Waals surface area (Å²) in [7, 11) is 0. The largest absolute Gasteiger partial charge is 0.311 e. The van der Waals surface area contributed by atoms with Gasteiger partial charge in [-0.2, -0.15) is 0 Å². The number of rotatable bonds is 6. The second kappa shape index (κ2) is 7.61. The molecule has 0 bridgehead atoms. The van der Waals surface area contributed by atoms with E-state index in [2.05, 4.69) is 61.0 Å². The Bertz CT molecular complexity index is 401. The summed E-state index contributed by atoms with van der Waals surface area (Å²) in [6.45, 7) is 10.8. The smallest absolute Gasteiger partial charge is 0.0236 e. The van der Waals surface area contributed by atoms with Crippen LogP contribution in [0.2, 0.25) is 0 Å². The first kappa shape index (κ1) is 15.3. The third kappa shape index (κ3) is 3.94. The molecule has 20 heavy (non-hydrogen) atoms. The maximum absolute atomic E-state index is 3.89. The number of nitrogens with one attached hydrogen (secondary N) is 1. The van der Waals surface area contributed by atoms with Gasteiger partial charge in [-0.05, 0) is 31.7 Å². The van der Waals surface area contributed by atoms with Gasteiger partial charge in [0.1, 0.15) is 0 Å². The predicted molar refractivity (Wildman–Crippen MR) is 87.0 cm³/mol. The van der Waals surface area contributed by atoms with Crippen molar-refractivity contribution in [2.75, 3.05) is 13.1 Å². The van der Waals surface area contributed by atoms with Crippen LogP contribution < -0.4 is 5.32 Å². The van der Waals surface area contributed by atoms with E-state index >= 15 is 0 Å². The molecule has 1 aliphatic rings. The van der Waals surface area contributed by atoms with Gasteiger partial charge >= 0.3 is 0 Å². The fourth-order valence-corrected chi connectivity index (χ4v) is 3.22. The minimum atomic E-state index is 0.562. The Labute approximate surface area is 123 Å². The molecule has 1 aliphatic heterocycles. The second-order valence-electron chi connectivity index (χ2n) is 5.93. The molecule has 1 aromatic carbocycles. The van der Waals surface area contributed by atoms with Gasteiger partial charge in [0.2, 0.25) is 0 Å². The van der Waals surface area contributed by atoms with Crippen molar-refractivity contribution in [3.05, 3.63) is 48.6 Å². The van der Waals surface area contributed by atoms with Gasteiger partial charge in [0.15, 0.2) is 0 Å². The number of hydrogen-bond donors (Lipinski definition) is 1. The number of nitrogens with zero attached hydrogens (tertiary/aromatic N) is 1. The topological polar surface area (TPSA) is 15.3 Å². The fraction of sp³-hybridized carbons (Fsp3) is 0.556. The summed E-state index contributed by atoms with van der Waals surface area (Å²) >= 11 is 0. The van der Waals surface area contributed by atoms with Crippen molar-refractivity contribution >= 4 is 0 Å². The Hall–Kier alpha value is -1.12. The van der Waals surface area contributed by atoms with Crippen LogP contribution in [-0.4, -0.2) is 36.1 Å². The number of piperazine rings is 1. The molecule has 2 nitrogen and oxygen atoms in total. The summed E-state index contributed by atoms with van der Waals surface area (Å²) in [6, 6.07) is 12.6. The van der Waals surface area contributed by atoms with Crippen LogP contribution in [-0.2, 0) is 6.42 Å². The van der Waals surface area contributed by atoms with Gasteiger partial charge in [-0.15, -0.1) is 6.58 Å². The zero-order valence-corrected chi connectivity index (χ0v) is 12.9. The molecule has 1 heterocycles. The van der Waals surface area contributed by atoms with Crippen LogP contribution in [0.1, 0.15) is 32.3 Å². The minimum Gasteiger partial charge on any atom is -0.311 e. The Morgan fingerprint density at radius 1 is 1.40 bits per heavy atom. The van der Waals surface area contributed by atoms with E-state index in [-0.39, 0.29) is 0 Å². The van der Waals surface area contributed by atoms with E-state index in [0.717, 1.165) is 25.9 Å². The average molecular weight is 272 g/mol. The molecule has 1 aromatic rings. The average Bonchev–Trinajstić information content (AvgIpc) is 2.48. The van der Waals surface area contributed by atoms with Crippen LogP contribution in [0.4, 0.5) is 0 Å². The lowest BCUT2D eigenvalue weighted by Gasteiger charge is -2.43. The van der Waals surface area contributed by atoms with E-state index < -0.39 is 0 Å². The highest BCUT2D eigenvalue weighted by atomic mass is 15.2. The van der Waals surface area contributed by atoms with E-state index in [0.29, 0.717) is 18.1 Å². The summed E-state index contributed by atoms with van der Waals surface area (Å²) in [4.78, 5) is 2.67. The highest BCUT2D eigenvalue weighted by Gasteiger charge is 2.29. The molecular weight excluding hydrogens is 244 g/mol. The zero-order valence-electron chi connectivity index (χ0n) is 12.9. The summed E-state index contributed by atoms with van der Waals surface area (Å²) in [5.74, 6) is 0. The molecule has 1 saturated heterocycles. The molecule has 2 rings (SSSR count). The van der Waals surface area contributed by atoms with Crippen molar-refractivity contribution in [2.24, 2.45) is 0 Å². The van der Waals surface area contributed by atoms with Crippen LogP contribution in [0.3, 0.4) is 0 Å². The van der Waals surface area contributed by atoms with Crippen molar-refractivity contribution in [1.82, 2.24) is 10.2 Å². The molecule has 1 N–H and O–H groups in total. The molecule has 1 fully saturated rings. The van der Waals surface area contributed by atoms with Gasteiger partial charge in [-0.1, -0.05) is 43.3 Å². The Morgan fingerprint density at radius 3 is 2.80 bits per heavy atom. The molecular formula is C18H28N2. The van der Waals surface area contributed by atoms with Gasteiger partial charge < -0.3 is 5.32 Å². The first-order chi connectivity index (χ1) is 9.74. The highest BCUT2D eigenvalue weighted by Crippen LogP contribution is 2.18. The first-order valence-corrected chi connectivity index (χ1v) is 7.88. The lowest BCUT2D eigenvalue weighted by atomic mass is 9.98. The van der Waals surface area contributed by atoms with E-state index in [1.807, 2.05) is 6.08 Å². The molecule has 2 heteroatoms. The van der Waals surface area contributed by atoms with Crippen LogP contribution in [0.25, 0.3) is 0 Å². The number of benzene rings is 1. The van der Waals surface area contributed by atoms with Crippen LogP contribution in [0.15, 0.2) is 43.0 Å². The minimum absolute atomic E-state index is 0.562. The normalized spacial score (nSPS) is 25.3. The van der Waals surface area contributed by atoms with Crippen molar-refractivity contribution in [3.8, 4) is 0 Å². The third-order valence-corrected chi connectivity index (χ3v) is 4.41. The van der Waals surface area contributed by atoms with E-state index in [1.54, 1.807) is 0 Å². The SMILES string of the molecule is C=CCC(C)N1CC(Cc2ccccc2)NCC1CC. The predicted octanol–water partition coefficient (Wildman–Crippen LogP) is 3.25. The van der Waals surface area contributed by atoms with E-state index in [4.69, 9.17) is 0 Å². The summed E-state index contributed by atoms with van der Waals surface area (Å²) in [5, 5.41) is 3.73. The highest BCUT2D eigenvalue weighted by molar-refractivity contribution is 5.16. The van der Waals surface area contributed by atoms with Crippen LogP contribution >= 0.6 is 0 Å². The second-order valence-corrected chi connectivity index (χ2v) is 5.93. The third-order valence-electron chi connectivity index (χ3n) is 4.41. The van der Waals surface area contributed by atoms with Crippen molar-refractivity contribution < 1.29 is 0 Å². The lowest BCUT2D eigenvalue weighted by molar-refractivity contribution is 0.0873. The van der Waals surface area contributed by atoms with Gasteiger partial charge in [-0.25, -0.2) is 0 Å². The Balaban J connectivity index is 1.98.